The number of carbonyl (C=O) groups excluding carboxylic acids is 1. The first-order chi connectivity index (χ1) is 15.2. The SMILES string of the molecule is C=CCN1CCc2ccc(O[C@H](C)C(=O)NCc3ccco3)cc2[C@@H]1c1ccccc1. The third kappa shape index (κ3) is 4.89. The van der Waals surface area contributed by atoms with Gasteiger partial charge in [0.1, 0.15) is 11.5 Å². The number of nitrogens with one attached hydrogen (secondary N) is 1. The molecule has 4 rings (SSSR count). The maximum absolute atomic E-state index is 12.5. The average Bonchev–Trinajstić information content (AvgIpc) is 3.31. The van der Waals surface area contributed by atoms with Crippen molar-refractivity contribution in [3.8, 4) is 5.75 Å². The summed E-state index contributed by atoms with van der Waals surface area (Å²) in [7, 11) is 0. The minimum absolute atomic E-state index is 0.134. The third-order valence-electron chi connectivity index (χ3n) is 5.62. The van der Waals surface area contributed by atoms with Gasteiger partial charge in [0.25, 0.3) is 5.91 Å². The highest BCUT2D eigenvalue weighted by Gasteiger charge is 2.28. The van der Waals surface area contributed by atoms with E-state index in [4.69, 9.17) is 9.15 Å². The van der Waals surface area contributed by atoms with Crippen molar-refractivity contribution in [3.63, 3.8) is 0 Å². The number of hydrogen-bond donors (Lipinski definition) is 1. The maximum atomic E-state index is 12.5. The van der Waals surface area contributed by atoms with Gasteiger partial charge in [0.15, 0.2) is 6.10 Å². The summed E-state index contributed by atoms with van der Waals surface area (Å²) in [6, 6.07) is 20.4. The highest BCUT2D eigenvalue weighted by atomic mass is 16.5. The van der Waals surface area contributed by atoms with Crippen molar-refractivity contribution in [2.45, 2.75) is 32.0 Å². The first-order valence-corrected chi connectivity index (χ1v) is 10.6. The summed E-state index contributed by atoms with van der Waals surface area (Å²) in [6.07, 6.45) is 3.91. The minimum Gasteiger partial charge on any atom is -0.481 e. The molecule has 1 N–H and O–H groups in total. The Balaban J connectivity index is 1.53. The van der Waals surface area contributed by atoms with Gasteiger partial charge in [0.2, 0.25) is 0 Å². The Bertz CT molecular complexity index is 1010. The van der Waals surface area contributed by atoms with E-state index in [-0.39, 0.29) is 11.9 Å². The van der Waals surface area contributed by atoms with Crippen LogP contribution in [0.1, 0.15) is 35.4 Å². The molecule has 0 fully saturated rings. The molecule has 160 valence electrons. The molecule has 5 nitrogen and oxygen atoms in total. The van der Waals surface area contributed by atoms with Crippen LogP contribution in [0.3, 0.4) is 0 Å². The van der Waals surface area contributed by atoms with E-state index in [9.17, 15) is 4.79 Å². The van der Waals surface area contributed by atoms with Crippen molar-refractivity contribution in [2.24, 2.45) is 0 Å². The van der Waals surface area contributed by atoms with Gasteiger partial charge < -0.3 is 14.5 Å². The predicted octanol–water partition coefficient (Wildman–Crippen LogP) is 4.50. The molecule has 1 amide bonds. The molecule has 0 bridgehead atoms. The molecule has 1 aromatic heterocycles. The monoisotopic (exact) mass is 416 g/mol. The summed E-state index contributed by atoms with van der Waals surface area (Å²) in [5.41, 5.74) is 3.78. The van der Waals surface area contributed by atoms with E-state index in [0.717, 1.165) is 19.5 Å². The summed E-state index contributed by atoms with van der Waals surface area (Å²) < 4.78 is 11.3. The lowest BCUT2D eigenvalue weighted by Gasteiger charge is -2.37. The van der Waals surface area contributed by atoms with E-state index in [1.807, 2.05) is 24.3 Å². The predicted molar refractivity (Wildman–Crippen MR) is 121 cm³/mol. The number of benzene rings is 2. The molecule has 1 aliphatic heterocycles. The number of furan rings is 1. The highest BCUT2D eigenvalue weighted by Crippen LogP contribution is 2.37. The Labute approximate surface area is 183 Å². The van der Waals surface area contributed by atoms with Gasteiger partial charge in [0.05, 0.1) is 18.8 Å². The van der Waals surface area contributed by atoms with Crippen LogP contribution >= 0.6 is 0 Å². The van der Waals surface area contributed by atoms with Crippen molar-refractivity contribution in [2.75, 3.05) is 13.1 Å². The fourth-order valence-electron chi connectivity index (χ4n) is 4.10. The van der Waals surface area contributed by atoms with Crippen molar-refractivity contribution < 1.29 is 13.9 Å². The normalized spacial score (nSPS) is 16.9. The molecule has 2 atom stereocenters. The Morgan fingerprint density at radius 2 is 2.10 bits per heavy atom. The Kier molecular flexibility index (Phi) is 6.53. The maximum Gasteiger partial charge on any atom is 0.261 e. The van der Waals surface area contributed by atoms with Crippen LogP contribution in [0.4, 0.5) is 0 Å². The lowest BCUT2D eigenvalue weighted by atomic mass is 9.88. The molecule has 0 spiro atoms. The topological polar surface area (TPSA) is 54.7 Å². The van der Waals surface area contributed by atoms with Gasteiger partial charge >= 0.3 is 0 Å². The summed E-state index contributed by atoms with van der Waals surface area (Å²) >= 11 is 0. The summed E-state index contributed by atoms with van der Waals surface area (Å²) in [6.45, 7) is 7.83. The number of ether oxygens (including phenoxy) is 1. The van der Waals surface area contributed by atoms with Crippen LogP contribution in [0.5, 0.6) is 5.75 Å². The van der Waals surface area contributed by atoms with Gasteiger partial charge in [0, 0.05) is 13.1 Å². The Morgan fingerprint density at radius 1 is 1.26 bits per heavy atom. The zero-order chi connectivity index (χ0) is 21.6. The van der Waals surface area contributed by atoms with Gasteiger partial charge in [-0.05, 0) is 54.3 Å². The molecular weight excluding hydrogens is 388 g/mol. The fraction of sp³-hybridized carbons (Fsp3) is 0.269. The van der Waals surface area contributed by atoms with Gasteiger partial charge in [-0.2, -0.15) is 0 Å². The summed E-state index contributed by atoms with van der Waals surface area (Å²) in [5, 5.41) is 2.85. The lowest BCUT2D eigenvalue weighted by Crippen LogP contribution is -2.37. The molecule has 5 heteroatoms. The minimum atomic E-state index is -0.615. The van der Waals surface area contributed by atoms with Crippen LogP contribution in [0, 0.1) is 0 Å². The second-order valence-electron chi connectivity index (χ2n) is 7.76. The molecule has 0 saturated heterocycles. The molecule has 2 aromatic carbocycles. The number of hydrogen-bond acceptors (Lipinski definition) is 4. The summed E-state index contributed by atoms with van der Waals surface area (Å²) in [4.78, 5) is 14.9. The van der Waals surface area contributed by atoms with Crippen LogP contribution in [-0.2, 0) is 17.8 Å². The van der Waals surface area contributed by atoms with Gasteiger partial charge in [-0.1, -0.05) is 42.5 Å². The first kappa shape index (κ1) is 20.9. The number of nitrogens with zero attached hydrogens (tertiary/aromatic N) is 1. The molecule has 0 radical (unpaired) electrons. The van der Waals surface area contributed by atoms with Gasteiger partial charge in [-0.3, -0.25) is 9.69 Å². The summed E-state index contributed by atoms with van der Waals surface area (Å²) in [5.74, 6) is 1.23. The Morgan fingerprint density at radius 3 is 2.84 bits per heavy atom. The molecule has 0 unspecified atom stereocenters. The van der Waals surface area contributed by atoms with Crippen molar-refractivity contribution in [1.29, 1.82) is 0 Å². The highest BCUT2D eigenvalue weighted by molar-refractivity contribution is 5.80. The zero-order valence-corrected chi connectivity index (χ0v) is 17.8. The Hall–Kier alpha value is -3.31. The molecule has 3 aromatic rings. The standard InChI is InChI=1S/C26H28N2O3/c1-3-14-28-15-13-20-11-12-22(17-24(20)25(28)21-8-5-4-6-9-21)31-19(2)26(29)27-18-23-10-7-16-30-23/h3-12,16-17,19,25H,1,13-15,18H2,2H3,(H,27,29)/t19-,25+/m1/s1. The molecule has 0 aliphatic carbocycles. The first-order valence-electron chi connectivity index (χ1n) is 10.6. The van der Waals surface area contributed by atoms with E-state index in [1.165, 1.54) is 16.7 Å². The molecule has 0 saturated carbocycles. The molecular formula is C26H28N2O3. The van der Waals surface area contributed by atoms with Crippen molar-refractivity contribution in [3.05, 3.63) is 102 Å². The largest absolute Gasteiger partial charge is 0.481 e. The van der Waals surface area contributed by atoms with Crippen molar-refractivity contribution >= 4 is 5.91 Å². The van der Waals surface area contributed by atoms with Crippen LogP contribution in [-0.4, -0.2) is 30.0 Å². The average molecular weight is 417 g/mol. The smallest absolute Gasteiger partial charge is 0.261 e. The van der Waals surface area contributed by atoms with Gasteiger partial charge in [-0.15, -0.1) is 6.58 Å². The van der Waals surface area contributed by atoms with E-state index in [2.05, 4.69) is 53.2 Å². The van der Waals surface area contributed by atoms with Gasteiger partial charge in [-0.25, -0.2) is 0 Å². The molecule has 1 aliphatic rings. The van der Waals surface area contributed by atoms with Crippen molar-refractivity contribution in [1.82, 2.24) is 10.2 Å². The van der Waals surface area contributed by atoms with E-state index < -0.39 is 6.10 Å². The van der Waals surface area contributed by atoms with E-state index in [0.29, 0.717) is 18.1 Å². The molecule has 31 heavy (non-hydrogen) atoms. The second kappa shape index (κ2) is 9.67. The van der Waals surface area contributed by atoms with Crippen LogP contribution in [0.15, 0.2) is 84.0 Å². The third-order valence-corrected chi connectivity index (χ3v) is 5.62. The second-order valence-corrected chi connectivity index (χ2v) is 7.76. The van der Waals surface area contributed by atoms with Crippen LogP contribution in [0.2, 0.25) is 0 Å². The quantitative estimate of drug-likeness (QED) is 0.550. The van der Waals surface area contributed by atoms with E-state index >= 15 is 0 Å². The van der Waals surface area contributed by atoms with E-state index in [1.54, 1.807) is 19.3 Å². The number of fused-ring (bicyclic) bond motifs is 1. The number of carbonyl (C=O) groups is 1. The molecule has 2 heterocycles. The van der Waals surface area contributed by atoms with Crippen LogP contribution in [0.25, 0.3) is 0 Å². The fourth-order valence-corrected chi connectivity index (χ4v) is 4.10. The number of amides is 1. The lowest BCUT2D eigenvalue weighted by molar-refractivity contribution is -0.127. The van der Waals surface area contributed by atoms with Crippen LogP contribution < -0.4 is 10.1 Å². The zero-order valence-electron chi connectivity index (χ0n) is 17.8. The number of rotatable bonds is 8.